The van der Waals surface area contributed by atoms with Crippen LogP contribution in [-0.2, 0) is 17.8 Å². The fourth-order valence-electron chi connectivity index (χ4n) is 3.83. The van der Waals surface area contributed by atoms with Gasteiger partial charge in [-0.2, -0.15) is 4.98 Å². The summed E-state index contributed by atoms with van der Waals surface area (Å²) in [6, 6.07) is 15.4. The van der Waals surface area contributed by atoms with E-state index in [0.717, 1.165) is 5.56 Å². The quantitative estimate of drug-likeness (QED) is 0.259. The van der Waals surface area contributed by atoms with Crippen LogP contribution >= 0.6 is 11.8 Å². The summed E-state index contributed by atoms with van der Waals surface area (Å²) in [5.41, 5.74) is 3.71. The molecule has 0 aliphatic carbocycles. The molecule has 0 fully saturated rings. The smallest absolute Gasteiger partial charge is 0.234 e. The fraction of sp³-hybridized carbons (Fsp3) is 0.154. The second kappa shape index (κ2) is 9.81. The molecule has 5 rings (SSSR count). The minimum Gasteiger partial charge on any atom is -0.436 e. The minimum atomic E-state index is -0.457. The molecule has 0 atom stereocenters. The normalized spacial score (nSPS) is 11.9. The van der Waals surface area contributed by atoms with Crippen molar-refractivity contribution in [2.45, 2.75) is 25.0 Å². The van der Waals surface area contributed by atoms with Crippen molar-refractivity contribution in [3.63, 3.8) is 0 Å². The van der Waals surface area contributed by atoms with Gasteiger partial charge >= 0.3 is 0 Å². The molecule has 176 valence electrons. The third kappa shape index (κ3) is 4.73. The van der Waals surface area contributed by atoms with E-state index in [1.54, 1.807) is 24.4 Å². The fourth-order valence-corrected chi connectivity index (χ4v) is 4.65. The lowest BCUT2D eigenvalue weighted by Gasteiger charge is -2.24. The SMILES string of the molecule is Cc1ncc(CO)c2c1Oc1nc(-c3ccccc3F)nc(SCC(=O)Nc3ccccc3)c1C2. The number of carbonyl (C=O) groups excluding carboxylic acids is 1. The average Bonchev–Trinajstić information content (AvgIpc) is 2.87. The summed E-state index contributed by atoms with van der Waals surface area (Å²) < 4.78 is 20.7. The first-order valence-electron chi connectivity index (χ1n) is 10.9. The molecule has 9 heteroatoms. The van der Waals surface area contributed by atoms with E-state index >= 15 is 0 Å². The lowest BCUT2D eigenvalue weighted by Crippen LogP contribution is -2.16. The number of aliphatic hydroxyl groups is 1. The van der Waals surface area contributed by atoms with Crippen molar-refractivity contribution < 1.29 is 19.0 Å². The Bertz CT molecular complexity index is 1420. The monoisotopic (exact) mass is 488 g/mol. The first-order chi connectivity index (χ1) is 17.0. The molecule has 0 saturated heterocycles. The first-order valence-corrected chi connectivity index (χ1v) is 11.9. The van der Waals surface area contributed by atoms with Crippen molar-refractivity contribution in [3.05, 3.63) is 89.0 Å². The lowest BCUT2D eigenvalue weighted by atomic mass is 9.99. The lowest BCUT2D eigenvalue weighted by molar-refractivity contribution is -0.113. The number of thioether (sulfide) groups is 1. The van der Waals surface area contributed by atoms with Gasteiger partial charge < -0.3 is 15.2 Å². The van der Waals surface area contributed by atoms with Crippen molar-refractivity contribution in [3.8, 4) is 23.0 Å². The van der Waals surface area contributed by atoms with Gasteiger partial charge in [0, 0.05) is 29.4 Å². The molecule has 0 saturated carbocycles. The van der Waals surface area contributed by atoms with Gasteiger partial charge in [-0.3, -0.25) is 9.78 Å². The van der Waals surface area contributed by atoms with Crippen LogP contribution in [0.2, 0.25) is 0 Å². The van der Waals surface area contributed by atoms with Crippen LogP contribution in [0.25, 0.3) is 11.4 Å². The number of aryl methyl sites for hydroxylation is 1. The van der Waals surface area contributed by atoms with Gasteiger partial charge in [0.15, 0.2) is 11.6 Å². The van der Waals surface area contributed by atoms with E-state index < -0.39 is 5.82 Å². The summed E-state index contributed by atoms with van der Waals surface area (Å²) in [5, 5.41) is 13.2. The highest BCUT2D eigenvalue weighted by Crippen LogP contribution is 2.42. The molecule has 0 bridgehead atoms. The predicted molar refractivity (Wildman–Crippen MR) is 131 cm³/mol. The number of rotatable bonds is 6. The van der Waals surface area contributed by atoms with Crippen molar-refractivity contribution in [2.75, 3.05) is 11.1 Å². The van der Waals surface area contributed by atoms with E-state index in [0.29, 0.717) is 39.7 Å². The van der Waals surface area contributed by atoms with Gasteiger partial charge in [-0.1, -0.05) is 42.1 Å². The summed E-state index contributed by atoms with van der Waals surface area (Å²) in [7, 11) is 0. The number of halogens is 1. The van der Waals surface area contributed by atoms with Crippen LogP contribution in [-0.4, -0.2) is 31.7 Å². The summed E-state index contributed by atoms with van der Waals surface area (Å²) in [5.74, 6) is 0.414. The maximum absolute atomic E-state index is 14.6. The number of nitrogens with one attached hydrogen (secondary N) is 1. The number of fused-ring (bicyclic) bond motifs is 2. The van der Waals surface area contributed by atoms with Crippen LogP contribution in [0.3, 0.4) is 0 Å². The molecule has 0 unspecified atom stereocenters. The summed E-state index contributed by atoms with van der Waals surface area (Å²) in [4.78, 5) is 26.0. The number of hydrogen-bond acceptors (Lipinski definition) is 7. The van der Waals surface area contributed by atoms with Crippen LogP contribution in [0.1, 0.15) is 22.4 Å². The van der Waals surface area contributed by atoms with E-state index in [-0.39, 0.29) is 35.5 Å². The van der Waals surface area contributed by atoms with Crippen LogP contribution < -0.4 is 10.1 Å². The number of anilines is 1. The number of aromatic nitrogens is 3. The molecule has 35 heavy (non-hydrogen) atoms. The largest absolute Gasteiger partial charge is 0.436 e. The predicted octanol–water partition coefficient (Wildman–Crippen LogP) is 4.91. The van der Waals surface area contributed by atoms with Gasteiger partial charge in [-0.15, -0.1) is 0 Å². The number of carbonyl (C=O) groups is 1. The van der Waals surface area contributed by atoms with Crippen molar-refractivity contribution in [2.24, 2.45) is 0 Å². The van der Waals surface area contributed by atoms with Crippen molar-refractivity contribution in [1.29, 1.82) is 0 Å². The molecule has 2 aromatic heterocycles. The number of ether oxygens (including phenoxy) is 1. The van der Waals surface area contributed by atoms with E-state index in [4.69, 9.17) is 4.74 Å². The molecule has 3 heterocycles. The number of pyridine rings is 1. The number of nitrogens with zero attached hydrogens (tertiary/aromatic N) is 3. The van der Waals surface area contributed by atoms with Gasteiger partial charge in [0.05, 0.1) is 29.2 Å². The standard InChI is InChI=1S/C26H21FN4O3S/c1-15-23-19(16(13-32)12-28-15)11-20-25(34-23)30-24(18-9-5-6-10-21(18)27)31-26(20)35-14-22(33)29-17-7-3-2-4-8-17/h2-10,12,32H,11,13-14H2,1H3,(H,29,33). The number of hydrogen-bond donors (Lipinski definition) is 2. The zero-order valence-electron chi connectivity index (χ0n) is 18.8. The maximum atomic E-state index is 14.6. The van der Waals surface area contributed by atoms with Crippen LogP contribution in [0.5, 0.6) is 11.6 Å². The Labute approximate surface area is 205 Å². The Morgan fingerprint density at radius 1 is 1.11 bits per heavy atom. The summed E-state index contributed by atoms with van der Waals surface area (Å²) in [6.07, 6.45) is 2.02. The van der Waals surface area contributed by atoms with Gasteiger partial charge in [0.2, 0.25) is 11.8 Å². The van der Waals surface area contributed by atoms with Crippen molar-refractivity contribution in [1.82, 2.24) is 15.0 Å². The summed E-state index contributed by atoms with van der Waals surface area (Å²) >= 11 is 1.23. The Kier molecular flexibility index (Phi) is 6.43. The number of amides is 1. The number of aliphatic hydroxyl groups excluding tert-OH is 1. The average molecular weight is 489 g/mol. The van der Waals surface area contributed by atoms with Crippen molar-refractivity contribution >= 4 is 23.4 Å². The highest BCUT2D eigenvalue weighted by Gasteiger charge is 2.28. The molecular weight excluding hydrogens is 467 g/mol. The molecule has 1 aliphatic heterocycles. The second-order valence-corrected chi connectivity index (χ2v) is 8.90. The third-order valence-electron chi connectivity index (χ3n) is 5.57. The highest BCUT2D eigenvalue weighted by molar-refractivity contribution is 8.00. The molecule has 2 aromatic carbocycles. The Morgan fingerprint density at radius 2 is 1.89 bits per heavy atom. The maximum Gasteiger partial charge on any atom is 0.234 e. The number of benzene rings is 2. The molecule has 4 aromatic rings. The second-order valence-electron chi connectivity index (χ2n) is 7.93. The highest BCUT2D eigenvalue weighted by atomic mass is 32.2. The topological polar surface area (TPSA) is 97.2 Å². The van der Waals surface area contributed by atoms with E-state index in [2.05, 4.69) is 20.3 Å². The third-order valence-corrected chi connectivity index (χ3v) is 6.59. The zero-order chi connectivity index (χ0) is 24.4. The van der Waals surface area contributed by atoms with E-state index in [1.807, 2.05) is 37.3 Å². The van der Waals surface area contributed by atoms with Crippen LogP contribution in [0.15, 0.2) is 65.8 Å². The molecule has 0 spiro atoms. The van der Waals surface area contributed by atoms with Crippen LogP contribution in [0, 0.1) is 12.7 Å². The van der Waals surface area contributed by atoms with Crippen LogP contribution in [0.4, 0.5) is 10.1 Å². The number of para-hydroxylation sites is 1. The molecular formula is C26H21FN4O3S. The first kappa shape index (κ1) is 22.9. The molecule has 7 nitrogen and oxygen atoms in total. The van der Waals surface area contributed by atoms with E-state index in [1.165, 1.54) is 17.8 Å². The molecule has 1 amide bonds. The Morgan fingerprint density at radius 3 is 2.66 bits per heavy atom. The molecule has 1 aliphatic rings. The Balaban J connectivity index is 1.52. The van der Waals surface area contributed by atoms with Gasteiger partial charge in [0.25, 0.3) is 0 Å². The van der Waals surface area contributed by atoms with Gasteiger partial charge in [-0.05, 0) is 31.2 Å². The van der Waals surface area contributed by atoms with Gasteiger partial charge in [-0.25, -0.2) is 9.37 Å². The minimum absolute atomic E-state index is 0.0874. The molecule has 0 radical (unpaired) electrons. The molecule has 2 N–H and O–H groups in total. The van der Waals surface area contributed by atoms with Gasteiger partial charge in [0.1, 0.15) is 10.8 Å². The summed E-state index contributed by atoms with van der Waals surface area (Å²) in [6.45, 7) is 1.62. The zero-order valence-corrected chi connectivity index (χ0v) is 19.6. The Hall–Kier alpha value is -3.82. The van der Waals surface area contributed by atoms with E-state index in [9.17, 15) is 14.3 Å².